The minimum absolute atomic E-state index is 0.0153. The number of nitrogens with zero attached hydrogens (tertiary/aromatic N) is 2. The number of halogens is 2. The van der Waals surface area contributed by atoms with Crippen LogP contribution in [0.4, 0.5) is 4.39 Å². The molecule has 1 atom stereocenters. The maximum Gasteiger partial charge on any atom is 0.271 e. The van der Waals surface area contributed by atoms with E-state index < -0.39 is 6.04 Å². The molecule has 0 saturated heterocycles. The summed E-state index contributed by atoms with van der Waals surface area (Å²) in [5, 5.41) is 0.582. The van der Waals surface area contributed by atoms with Gasteiger partial charge in [-0.3, -0.25) is 14.2 Å². The maximum atomic E-state index is 13.6. The minimum Gasteiger partial charge on any atom is -0.294 e. The van der Waals surface area contributed by atoms with Gasteiger partial charge in [0.25, 0.3) is 5.56 Å². The van der Waals surface area contributed by atoms with Crippen LogP contribution in [-0.2, 0) is 4.79 Å². The summed E-state index contributed by atoms with van der Waals surface area (Å²) in [4.78, 5) is 32.0. The number of fused-ring (bicyclic) bond motifs is 1. The lowest BCUT2D eigenvalue weighted by Gasteiger charge is -2.35. The Morgan fingerprint density at radius 2 is 1.91 bits per heavy atom. The first-order chi connectivity index (χ1) is 15.2. The fourth-order valence-electron chi connectivity index (χ4n) is 4.46. The van der Waals surface area contributed by atoms with Crippen LogP contribution in [0, 0.1) is 11.2 Å². The summed E-state index contributed by atoms with van der Waals surface area (Å²) in [6.07, 6.45) is 2.81. The van der Waals surface area contributed by atoms with E-state index in [1.807, 2.05) is 26.0 Å². The van der Waals surface area contributed by atoms with E-state index in [0.29, 0.717) is 38.3 Å². The molecular weight excluding hydrogens is 447 g/mol. The van der Waals surface area contributed by atoms with Crippen molar-refractivity contribution in [2.75, 3.05) is 0 Å². The molecule has 32 heavy (non-hydrogen) atoms. The lowest BCUT2D eigenvalue weighted by molar-refractivity contribution is -0.118. The molecule has 4 nitrogen and oxygen atoms in total. The van der Waals surface area contributed by atoms with Gasteiger partial charge in [0.15, 0.2) is 10.6 Å². The van der Waals surface area contributed by atoms with Crippen molar-refractivity contribution in [1.82, 2.24) is 4.57 Å². The minimum atomic E-state index is -0.619. The van der Waals surface area contributed by atoms with Crippen molar-refractivity contribution in [1.29, 1.82) is 0 Å². The highest BCUT2D eigenvalue weighted by Gasteiger charge is 2.40. The molecule has 0 N–H and O–H groups in total. The summed E-state index contributed by atoms with van der Waals surface area (Å²) in [5.74, 6) is -0.383. The van der Waals surface area contributed by atoms with Gasteiger partial charge < -0.3 is 0 Å². The standard InChI is InChI=1S/C25H20ClFN2O2S/c1-25(2)12-18-21(19(30)13-25)22(15-6-8-17(27)9-7-15)29-23(31)20(32-24(29)28-18)11-14-4-3-5-16(26)10-14/h3-11,22H,12-13H2,1-2H3. The van der Waals surface area contributed by atoms with E-state index in [2.05, 4.69) is 0 Å². The molecule has 1 aliphatic carbocycles. The molecule has 2 aromatic carbocycles. The van der Waals surface area contributed by atoms with Crippen molar-refractivity contribution >= 4 is 34.8 Å². The molecular formula is C25H20ClFN2O2S. The van der Waals surface area contributed by atoms with Crippen LogP contribution in [0.1, 0.15) is 43.9 Å². The zero-order valence-corrected chi connectivity index (χ0v) is 19.1. The van der Waals surface area contributed by atoms with Crippen molar-refractivity contribution in [2.45, 2.75) is 32.7 Å². The number of thiazole rings is 1. The summed E-state index contributed by atoms with van der Waals surface area (Å²) < 4.78 is 15.7. The average molecular weight is 467 g/mol. The number of hydrogen-bond acceptors (Lipinski definition) is 4. The summed E-state index contributed by atoms with van der Waals surface area (Å²) in [6, 6.07) is 12.6. The summed E-state index contributed by atoms with van der Waals surface area (Å²) in [6.45, 7) is 4.09. The van der Waals surface area contributed by atoms with E-state index >= 15 is 0 Å². The predicted octanol–water partition coefficient (Wildman–Crippen LogP) is 4.40. The van der Waals surface area contributed by atoms with Crippen molar-refractivity contribution in [3.8, 4) is 0 Å². The number of allylic oxidation sites excluding steroid dienone is 2. The molecule has 0 bridgehead atoms. The van der Waals surface area contributed by atoms with E-state index in [1.54, 1.807) is 34.9 Å². The van der Waals surface area contributed by atoms with Crippen molar-refractivity contribution in [3.63, 3.8) is 0 Å². The van der Waals surface area contributed by atoms with Crippen LogP contribution in [0.5, 0.6) is 0 Å². The van der Waals surface area contributed by atoms with Gasteiger partial charge in [-0.1, -0.05) is 61.1 Å². The third-order valence-corrected chi connectivity index (χ3v) is 7.05. The lowest BCUT2D eigenvalue weighted by Crippen LogP contribution is -2.42. The van der Waals surface area contributed by atoms with E-state index in [1.165, 1.54) is 23.5 Å². The highest BCUT2D eigenvalue weighted by Crippen LogP contribution is 2.43. The monoisotopic (exact) mass is 466 g/mol. The highest BCUT2D eigenvalue weighted by molar-refractivity contribution is 7.07. The molecule has 1 unspecified atom stereocenters. The zero-order valence-electron chi connectivity index (χ0n) is 17.6. The van der Waals surface area contributed by atoms with Gasteiger partial charge in [0.1, 0.15) is 5.82 Å². The Morgan fingerprint density at radius 3 is 2.62 bits per heavy atom. The van der Waals surface area contributed by atoms with Crippen LogP contribution in [-0.4, -0.2) is 10.4 Å². The average Bonchev–Trinajstić information content (AvgIpc) is 3.01. The van der Waals surface area contributed by atoms with Gasteiger partial charge in [-0.2, -0.15) is 0 Å². The smallest absolute Gasteiger partial charge is 0.271 e. The quantitative estimate of drug-likeness (QED) is 0.562. The zero-order chi connectivity index (χ0) is 22.6. The van der Waals surface area contributed by atoms with Gasteiger partial charge in [-0.05, 0) is 53.3 Å². The van der Waals surface area contributed by atoms with Crippen LogP contribution in [0.25, 0.3) is 6.08 Å². The Morgan fingerprint density at radius 1 is 1.16 bits per heavy atom. The summed E-state index contributed by atoms with van der Waals surface area (Å²) >= 11 is 7.39. The molecule has 3 aromatic rings. The first-order valence-electron chi connectivity index (χ1n) is 10.3. The van der Waals surface area contributed by atoms with Gasteiger partial charge >= 0.3 is 0 Å². The van der Waals surface area contributed by atoms with Crippen molar-refractivity contribution in [3.05, 3.63) is 101 Å². The van der Waals surface area contributed by atoms with Gasteiger partial charge in [-0.15, -0.1) is 0 Å². The Kier molecular flexibility index (Phi) is 5.02. The van der Waals surface area contributed by atoms with Crippen LogP contribution in [0.15, 0.2) is 69.6 Å². The van der Waals surface area contributed by atoms with Crippen molar-refractivity contribution in [2.24, 2.45) is 10.4 Å². The second kappa shape index (κ2) is 7.64. The fraction of sp³-hybridized carbons (Fsp3) is 0.240. The van der Waals surface area contributed by atoms with Gasteiger partial charge in [0.05, 0.1) is 16.3 Å². The van der Waals surface area contributed by atoms with E-state index in [9.17, 15) is 14.0 Å². The Bertz CT molecular complexity index is 1460. The molecule has 5 rings (SSSR count). The Balaban J connectivity index is 1.77. The molecule has 162 valence electrons. The molecule has 2 aliphatic rings. The second-order valence-electron chi connectivity index (χ2n) is 8.99. The normalized spacial score (nSPS) is 20.1. The molecule has 0 saturated carbocycles. The molecule has 0 radical (unpaired) electrons. The number of aromatic nitrogens is 1. The molecule has 0 amide bonds. The Labute approximate surface area is 193 Å². The van der Waals surface area contributed by atoms with Gasteiger partial charge in [0, 0.05) is 17.0 Å². The molecule has 1 aromatic heterocycles. The third kappa shape index (κ3) is 3.67. The van der Waals surface area contributed by atoms with Crippen molar-refractivity contribution < 1.29 is 9.18 Å². The molecule has 2 heterocycles. The highest BCUT2D eigenvalue weighted by atomic mass is 35.5. The van der Waals surface area contributed by atoms with E-state index in [0.717, 1.165) is 11.3 Å². The molecule has 1 aliphatic heterocycles. The Hall–Kier alpha value is -2.83. The first kappa shape index (κ1) is 21.0. The second-order valence-corrected chi connectivity index (χ2v) is 10.4. The molecule has 0 spiro atoms. The lowest BCUT2D eigenvalue weighted by atomic mass is 9.73. The van der Waals surface area contributed by atoms with E-state index in [4.69, 9.17) is 16.6 Å². The molecule has 0 fully saturated rings. The third-order valence-electron chi connectivity index (χ3n) is 5.83. The number of carbonyl (C=O) groups excluding carboxylic acids is 1. The van der Waals surface area contributed by atoms with E-state index in [-0.39, 0.29) is 22.6 Å². The first-order valence-corrected chi connectivity index (χ1v) is 11.5. The number of benzene rings is 2. The number of rotatable bonds is 2. The summed E-state index contributed by atoms with van der Waals surface area (Å²) in [7, 11) is 0. The largest absolute Gasteiger partial charge is 0.294 e. The van der Waals surface area contributed by atoms with Gasteiger partial charge in [0.2, 0.25) is 0 Å². The summed E-state index contributed by atoms with van der Waals surface area (Å²) in [5.41, 5.74) is 2.32. The number of carbonyl (C=O) groups is 1. The molecule has 7 heteroatoms. The number of Topliss-reactive ketones (excluding diaryl/α,β-unsaturated/α-hetero) is 1. The number of hydrogen-bond donors (Lipinski definition) is 0. The fourth-order valence-corrected chi connectivity index (χ4v) is 5.68. The predicted molar refractivity (Wildman–Crippen MR) is 124 cm³/mol. The van der Waals surface area contributed by atoms with Crippen LogP contribution in [0.3, 0.4) is 0 Å². The van der Waals surface area contributed by atoms with Crippen LogP contribution in [0.2, 0.25) is 5.02 Å². The van der Waals surface area contributed by atoms with Crippen LogP contribution >= 0.6 is 22.9 Å². The number of ketones is 1. The SMILES string of the molecule is CC1(C)CC(=O)C2=C(C1)N=c1sc(=Cc3cccc(Cl)c3)c(=O)n1C2c1ccc(F)cc1. The van der Waals surface area contributed by atoms with Gasteiger partial charge in [-0.25, -0.2) is 9.38 Å². The maximum absolute atomic E-state index is 13.6. The topological polar surface area (TPSA) is 51.4 Å². The van der Waals surface area contributed by atoms with Crippen LogP contribution < -0.4 is 14.9 Å².